The van der Waals surface area contributed by atoms with E-state index < -0.39 is 0 Å². The lowest BCUT2D eigenvalue weighted by Gasteiger charge is -2.24. The lowest BCUT2D eigenvalue weighted by atomic mass is 10.0. The Morgan fingerprint density at radius 2 is 1.74 bits per heavy atom. The van der Waals surface area contributed by atoms with Gasteiger partial charge in [-0.15, -0.1) is 11.3 Å². The number of para-hydroxylation sites is 1. The summed E-state index contributed by atoms with van der Waals surface area (Å²) in [6, 6.07) is 20.2. The van der Waals surface area contributed by atoms with Crippen molar-refractivity contribution in [2.24, 2.45) is 0 Å². The SMILES string of the molecule is Cc1cc(NC(=O)c2ccc(Cl)cc2Cl)ccc1C(=O)N1Cc2sccc2Cc2ccccc21. The van der Waals surface area contributed by atoms with Gasteiger partial charge in [0.1, 0.15) is 0 Å². The van der Waals surface area contributed by atoms with E-state index in [4.69, 9.17) is 23.2 Å². The molecule has 1 aliphatic heterocycles. The van der Waals surface area contributed by atoms with Crippen LogP contribution in [-0.4, -0.2) is 11.8 Å². The third kappa shape index (κ3) is 4.34. The molecule has 0 saturated carbocycles. The maximum Gasteiger partial charge on any atom is 0.258 e. The second kappa shape index (κ2) is 9.26. The molecule has 4 nitrogen and oxygen atoms in total. The number of thiophene rings is 1. The van der Waals surface area contributed by atoms with Gasteiger partial charge in [0, 0.05) is 33.3 Å². The number of hydrogen-bond donors (Lipinski definition) is 1. The summed E-state index contributed by atoms with van der Waals surface area (Å²) in [4.78, 5) is 29.4. The zero-order chi connectivity index (χ0) is 23.8. The van der Waals surface area contributed by atoms with Crippen molar-refractivity contribution in [3.05, 3.63) is 115 Å². The molecule has 5 rings (SSSR count). The van der Waals surface area contributed by atoms with Crippen molar-refractivity contribution in [3.8, 4) is 0 Å². The molecule has 1 N–H and O–H groups in total. The second-order valence-corrected chi connectivity index (χ2v) is 10.0. The molecule has 0 atom stereocenters. The third-order valence-corrected chi connectivity index (χ3v) is 7.43. The van der Waals surface area contributed by atoms with Gasteiger partial charge in [0.15, 0.2) is 0 Å². The number of fused-ring (bicyclic) bond motifs is 2. The fourth-order valence-electron chi connectivity index (χ4n) is 4.20. The summed E-state index contributed by atoms with van der Waals surface area (Å²) >= 11 is 13.8. The highest BCUT2D eigenvalue weighted by atomic mass is 35.5. The number of benzene rings is 3. The van der Waals surface area contributed by atoms with E-state index in [0.29, 0.717) is 28.4 Å². The summed E-state index contributed by atoms with van der Waals surface area (Å²) in [5.74, 6) is -0.406. The highest BCUT2D eigenvalue weighted by Gasteiger charge is 2.26. The molecule has 2 heterocycles. The number of halogens is 2. The van der Waals surface area contributed by atoms with Gasteiger partial charge >= 0.3 is 0 Å². The Balaban J connectivity index is 1.42. The standard InChI is InChI=1S/C27H20Cl2N2O2S/c1-16-12-20(30-26(32)22-8-6-19(28)14-23(22)29)7-9-21(16)27(33)31-15-25-18(10-11-34-25)13-17-4-2-3-5-24(17)31/h2-12,14H,13,15H2,1H3,(H,30,32). The van der Waals surface area contributed by atoms with E-state index in [1.165, 1.54) is 16.5 Å². The minimum atomic E-state index is -0.341. The summed E-state index contributed by atoms with van der Waals surface area (Å²) in [7, 11) is 0. The van der Waals surface area contributed by atoms with Crippen molar-refractivity contribution in [2.45, 2.75) is 19.9 Å². The van der Waals surface area contributed by atoms with E-state index >= 15 is 0 Å². The monoisotopic (exact) mass is 506 g/mol. The van der Waals surface area contributed by atoms with Gasteiger partial charge in [-0.2, -0.15) is 0 Å². The Bertz CT molecular complexity index is 1430. The van der Waals surface area contributed by atoms with E-state index in [0.717, 1.165) is 23.2 Å². The number of amides is 2. The molecule has 34 heavy (non-hydrogen) atoms. The second-order valence-electron chi connectivity index (χ2n) is 8.17. The van der Waals surface area contributed by atoms with Crippen LogP contribution in [0.25, 0.3) is 0 Å². The fourth-order valence-corrected chi connectivity index (χ4v) is 5.59. The molecule has 0 saturated heterocycles. The Kier molecular flexibility index (Phi) is 6.17. The lowest BCUT2D eigenvalue weighted by Crippen LogP contribution is -2.30. The van der Waals surface area contributed by atoms with Crippen molar-refractivity contribution in [1.29, 1.82) is 0 Å². The molecule has 0 radical (unpaired) electrons. The molecule has 1 aromatic heterocycles. The number of nitrogens with zero attached hydrogens (tertiary/aromatic N) is 1. The first-order chi connectivity index (χ1) is 16.4. The lowest BCUT2D eigenvalue weighted by molar-refractivity contribution is 0.0983. The molecular formula is C27H20Cl2N2O2S. The molecule has 0 aliphatic carbocycles. The number of aryl methyl sites for hydroxylation is 1. The van der Waals surface area contributed by atoms with Crippen LogP contribution in [0.1, 0.15) is 42.3 Å². The van der Waals surface area contributed by atoms with Gasteiger partial charge in [0.25, 0.3) is 11.8 Å². The topological polar surface area (TPSA) is 49.4 Å². The molecule has 170 valence electrons. The van der Waals surface area contributed by atoms with Crippen LogP contribution in [0.5, 0.6) is 0 Å². The quantitative estimate of drug-likeness (QED) is 0.315. The molecule has 0 fully saturated rings. The number of carbonyl (C=O) groups is 2. The van der Waals surface area contributed by atoms with Gasteiger partial charge in [-0.05, 0) is 77.5 Å². The Morgan fingerprint density at radius 3 is 2.53 bits per heavy atom. The first kappa shape index (κ1) is 22.7. The first-order valence-corrected chi connectivity index (χ1v) is 12.4. The normalized spacial score (nSPS) is 12.5. The summed E-state index contributed by atoms with van der Waals surface area (Å²) in [5.41, 5.74) is 5.62. The molecule has 1 aliphatic rings. The highest BCUT2D eigenvalue weighted by Crippen LogP contribution is 2.34. The summed E-state index contributed by atoms with van der Waals surface area (Å²) in [5, 5.41) is 5.67. The molecule has 3 aromatic carbocycles. The van der Waals surface area contributed by atoms with E-state index in [1.54, 1.807) is 41.7 Å². The minimum absolute atomic E-state index is 0.0650. The Hall–Kier alpha value is -3.12. The maximum atomic E-state index is 13.7. The Morgan fingerprint density at radius 1 is 0.941 bits per heavy atom. The van der Waals surface area contributed by atoms with Crippen molar-refractivity contribution in [3.63, 3.8) is 0 Å². The van der Waals surface area contributed by atoms with Crippen LogP contribution in [-0.2, 0) is 13.0 Å². The van der Waals surface area contributed by atoms with Gasteiger partial charge in [0.05, 0.1) is 17.1 Å². The largest absolute Gasteiger partial charge is 0.322 e. The maximum absolute atomic E-state index is 13.7. The van der Waals surface area contributed by atoms with Crippen LogP contribution in [0, 0.1) is 6.92 Å². The zero-order valence-corrected chi connectivity index (χ0v) is 20.6. The number of nitrogens with one attached hydrogen (secondary N) is 1. The van der Waals surface area contributed by atoms with Crippen LogP contribution in [0.4, 0.5) is 11.4 Å². The molecular weight excluding hydrogens is 487 g/mol. The third-order valence-electron chi connectivity index (χ3n) is 5.94. The molecule has 4 aromatic rings. The van der Waals surface area contributed by atoms with Gasteiger partial charge < -0.3 is 10.2 Å². The highest BCUT2D eigenvalue weighted by molar-refractivity contribution is 7.10. The van der Waals surface area contributed by atoms with Gasteiger partial charge in [-0.1, -0.05) is 41.4 Å². The van der Waals surface area contributed by atoms with Crippen LogP contribution in [0.15, 0.2) is 72.1 Å². The van der Waals surface area contributed by atoms with Gasteiger partial charge in [0.2, 0.25) is 0 Å². The van der Waals surface area contributed by atoms with Gasteiger partial charge in [-0.25, -0.2) is 0 Å². The molecule has 0 bridgehead atoms. The molecule has 0 spiro atoms. The number of anilines is 2. The summed E-state index contributed by atoms with van der Waals surface area (Å²) in [6.07, 6.45) is 0.815. The van der Waals surface area contributed by atoms with Crippen molar-refractivity contribution in [2.75, 3.05) is 10.2 Å². The summed E-state index contributed by atoms with van der Waals surface area (Å²) < 4.78 is 0. The average Bonchev–Trinajstić information content (AvgIpc) is 3.17. The van der Waals surface area contributed by atoms with E-state index in [2.05, 4.69) is 22.8 Å². The number of carbonyl (C=O) groups excluding carboxylic acids is 2. The van der Waals surface area contributed by atoms with Gasteiger partial charge in [-0.3, -0.25) is 9.59 Å². The smallest absolute Gasteiger partial charge is 0.258 e. The zero-order valence-electron chi connectivity index (χ0n) is 18.3. The number of rotatable bonds is 3. The van der Waals surface area contributed by atoms with Crippen LogP contribution in [0.3, 0.4) is 0 Å². The first-order valence-electron chi connectivity index (χ1n) is 10.7. The number of hydrogen-bond acceptors (Lipinski definition) is 3. The van der Waals surface area contributed by atoms with Crippen molar-refractivity contribution >= 4 is 57.7 Å². The van der Waals surface area contributed by atoms with E-state index in [-0.39, 0.29) is 16.8 Å². The predicted octanol–water partition coefficient (Wildman–Crippen LogP) is 7.37. The molecule has 0 unspecified atom stereocenters. The van der Waals surface area contributed by atoms with Crippen LogP contribution in [0.2, 0.25) is 10.0 Å². The van der Waals surface area contributed by atoms with Crippen LogP contribution >= 0.6 is 34.5 Å². The predicted molar refractivity (Wildman–Crippen MR) is 140 cm³/mol. The molecule has 2 amide bonds. The average molecular weight is 507 g/mol. The van der Waals surface area contributed by atoms with E-state index in [1.807, 2.05) is 30.0 Å². The molecule has 7 heteroatoms. The summed E-state index contributed by atoms with van der Waals surface area (Å²) in [6.45, 7) is 2.41. The minimum Gasteiger partial charge on any atom is -0.322 e. The van der Waals surface area contributed by atoms with Crippen molar-refractivity contribution in [1.82, 2.24) is 0 Å². The van der Waals surface area contributed by atoms with E-state index in [9.17, 15) is 9.59 Å². The Labute approximate surface area is 211 Å². The van der Waals surface area contributed by atoms with Crippen molar-refractivity contribution < 1.29 is 9.59 Å². The van der Waals surface area contributed by atoms with Crippen LogP contribution < -0.4 is 10.2 Å². The fraction of sp³-hybridized carbons (Fsp3) is 0.111.